The molecule has 0 saturated carbocycles. The fraction of sp³-hybridized carbons (Fsp3) is 0.429. The monoisotopic (exact) mass is 496 g/mol. The van der Waals surface area contributed by atoms with E-state index in [1.54, 1.807) is 49.5 Å². The van der Waals surface area contributed by atoms with Gasteiger partial charge < -0.3 is 29.1 Å². The SMILES string of the molecule is CCOc1ccc([C@H]2/C(=C(\O)c3ccc(OC)cc3C)C(=O)C(=O)N2CCN(CC)CC)cc1OC. The number of ether oxygens (including phenoxy) is 3. The third kappa shape index (κ3) is 5.33. The summed E-state index contributed by atoms with van der Waals surface area (Å²) in [5.74, 6) is 0.139. The van der Waals surface area contributed by atoms with E-state index in [1.165, 1.54) is 0 Å². The molecular weight excluding hydrogens is 460 g/mol. The lowest BCUT2D eigenvalue weighted by Crippen LogP contribution is -2.38. The summed E-state index contributed by atoms with van der Waals surface area (Å²) in [5.41, 5.74) is 1.91. The number of methoxy groups -OCH3 is 2. The number of ketones is 1. The first kappa shape index (κ1) is 27.1. The molecule has 36 heavy (non-hydrogen) atoms. The first-order valence-corrected chi connectivity index (χ1v) is 12.3. The zero-order valence-electron chi connectivity index (χ0n) is 22.0. The molecule has 1 N–H and O–H groups in total. The van der Waals surface area contributed by atoms with Crippen molar-refractivity contribution in [2.75, 3.05) is 47.0 Å². The summed E-state index contributed by atoms with van der Waals surface area (Å²) in [4.78, 5) is 30.3. The van der Waals surface area contributed by atoms with Gasteiger partial charge in [-0.1, -0.05) is 19.9 Å². The molecule has 2 aromatic rings. The van der Waals surface area contributed by atoms with Gasteiger partial charge in [0.15, 0.2) is 11.5 Å². The summed E-state index contributed by atoms with van der Waals surface area (Å²) in [7, 11) is 3.11. The van der Waals surface area contributed by atoms with E-state index in [-0.39, 0.29) is 11.3 Å². The largest absolute Gasteiger partial charge is 0.507 e. The lowest BCUT2D eigenvalue weighted by molar-refractivity contribution is -0.140. The number of nitrogens with zero attached hydrogens (tertiary/aromatic N) is 2. The van der Waals surface area contributed by atoms with E-state index in [0.717, 1.165) is 18.7 Å². The Balaban J connectivity index is 2.17. The number of benzene rings is 2. The van der Waals surface area contributed by atoms with E-state index in [4.69, 9.17) is 14.2 Å². The Hall–Kier alpha value is -3.52. The van der Waals surface area contributed by atoms with Crippen LogP contribution in [-0.4, -0.2) is 73.6 Å². The smallest absolute Gasteiger partial charge is 0.295 e. The van der Waals surface area contributed by atoms with Crippen LogP contribution in [-0.2, 0) is 9.59 Å². The number of carbonyl (C=O) groups excluding carboxylic acids is 2. The van der Waals surface area contributed by atoms with E-state index in [9.17, 15) is 14.7 Å². The van der Waals surface area contributed by atoms with Crippen molar-refractivity contribution in [2.24, 2.45) is 0 Å². The highest BCUT2D eigenvalue weighted by atomic mass is 16.5. The zero-order valence-corrected chi connectivity index (χ0v) is 22.0. The average molecular weight is 497 g/mol. The van der Waals surface area contributed by atoms with Crippen molar-refractivity contribution in [2.45, 2.75) is 33.7 Å². The summed E-state index contributed by atoms with van der Waals surface area (Å²) < 4.78 is 16.5. The minimum atomic E-state index is -0.772. The van der Waals surface area contributed by atoms with Crippen LogP contribution in [0.5, 0.6) is 17.2 Å². The molecular formula is C28H36N2O6. The van der Waals surface area contributed by atoms with Crippen molar-refractivity contribution in [3.8, 4) is 17.2 Å². The van der Waals surface area contributed by atoms with E-state index < -0.39 is 17.7 Å². The standard InChI is InChI=1S/C28H36N2O6/c1-7-29(8-2)14-15-30-25(19-10-13-22(36-9-3)23(17-19)35-6)24(27(32)28(30)33)26(31)21-12-11-20(34-5)16-18(21)4/h10-13,16-17,25,31H,7-9,14-15H2,1-6H3/b26-24+/t25-/m0/s1. The van der Waals surface area contributed by atoms with Crippen LogP contribution in [0.3, 0.4) is 0 Å². The number of likely N-dealkylation sites (N-methyl/N-ethyl adjacent to an activating group) is 1. The van der Waals surface area contributed by atoms with Gasteiger partial charge in [0.2, 0.25) is 0 Å². The fourth-order valence-corrected chi connectivity index (χ4v) is 4.55. The van der Waals surface area contributed by atoms with Crippen molar-refractivity contribution < 1.29 is 28.9 Å². The predicted octanol–water partition coefficient (Wildman–Crippen LogP) is 4.17. The van der Waals surface area contributed by atoms with Gasteiger partial charge in [-0.3, -0.25) is 9.59 Å². The second-order valence-corrected chi connectivity index (χ2v) is 8.54. The van der Waals surface area contributed by atoms with E-state index in [0.29, 0.717) is 48.1 Å². The fourth-order valence-electron chi connectivity index (χ4n) is 4.55. The van der Waals surface area contributed by atoms with Gasteiger partial charge in [-0.15, -0.1) is 0 Å². The molecule has 1 saturated heterocycles. The van der Waals surface area contributed by atoms with Crippen LogP contribution in [0.15, 0.2) is 42.0 Å². The summed E-state index contributed by atoms with van der Waals surface area (Å²) in [6, 6.07) is 9.76. The molecule has 1 heterocycles. The summed E-state index contributed by atoms with van der Waals surface area (Å²) in [6.07, 6.45) is 0. The number of Topliss-reactive ketones (excluding diaryl/α,β-unsaturated/α-hetero) is 1. The topological polar surface area (TPSA) is 88.5 Å². The molecule has 1 aliphatic heterocycles. The predicted molar refractivity (Wildman–Crippen MR) is 139 cm³/mol. The molecule has 194 valence electrons. The van der Waals surface area contributed by atoms with Crippen LogP contribution in [0, 0.1) is 6.92 Å². The maximum Gasteiger partial charge on any atom is 0.295 e. The van der Waals surface area contributed by atoms with Crippen molar-refractivity contribution in [1.29, 1.82) is 0 Å². The molecule has 3 rings (SSSR count). The first-order chi connectivity index (χ1) is 17.3. The van der Waals surface area contributed by atoms with Crippen LogP contribution in [0.25, 0.3) is 5.76 Å². The molecule has 1 amide bonds. The van der Waals surface area contributed by atoms with Gasteiger partial charge in [0, 0.05) is 18.7 Å². The Labute approximate surface area is 213 Å². The first-order valence-electron chi connectivity index (χ1n) is 12.3. The second kappa shape index (κ2) is 11.9. The van der Waals surface area contributed by atoms with Crippen LogP contribution in [0.1, 0.15) is 43.5 Å². The van der Waals surface area contributed by atoms with Crippen LogP contribution in [0.2, 0.25) is 0 Å². The molecule has 2 aromatic carbocycles. The highest BCUT2D eigenvalue weighted by Crippen LogP contribution is 2.42. The number of rotatable bonds is 11. The Bertz CT molecular complexity index is 1140. The summed E-state index contributed by atoms with van der Waals surface area (Å²) in [5, 5.41) is 11.4. The quantitative estimate of drug-likeness (QED) is 0.284. The molecule has 0 radical (unpaired) electrons. The number of amides is 1. The van der Waals surface area contributed by atoms with Crippen molar-refractivity contribution >= 4 is 17.4 Å². The second-order valence-electron chi connectivity index (χ2n) is 8.54. The number of likely N-dealkylation sites (tertiary alicyclic amines) is 1. The van der Waals surface area contributed by atoms with E-state index in [2.05, 4.69) is 18.7 Å². The normalized spacial score (nSPS) is 17.1. The van der Waals surface area contributed by atoms with Crippen molar-refractivity contribution in [3.05, 3.63) is 58.7 Å². The molecule has 1 aliphatic rings. The molecule has 1 fully saturated rings. The lowest BCUT2D eigenvalue weighted by Gasteiger charge is -2.28. The molecule has 0 bridgehead atoms. The Morgan fingerprint density at radius 3 is 2.31 bits per heavy atom. The number of carbonyl (C=O) groups is 2. The van der Waals surface area contributed by atoms with Gasteiger partial charge in [-0.25, -0.2) is 0 Å². The highest BCUT2D eigenvalue weighted by Gasteiger charge is 2.46. The third-order valence-corrected chi connectivity index (χ3v) is 6.58. The molecule has 8 nitrogen and oxygen atoms in total. The number of aryl methyl sites for hydroxylation is 1. The molecule has 0 aromatic heterocycles. The van der Waals surface area contributed by atoms with Gasteiger partial charge in [-0.2, -0.15) is 0 Å². The van der Waals surface area contributed by atoms with Gasteiger partial charge in [-0.05, 0) is 68.4 Å². The maximum absolute atomic E-state index is 13.4. The van der Waals surface area contributed by atoms with Crippen LogP contribution >= 0.6 is 0 Å². The Morgan fingerprint density at radius 1 is 1.00 bits per heavy atom. The average Bonchev–Trinajstić information content (AvgIpc) is 3.14. The highest BCUT2D eigenvalue weighted by molar-refractivity contribution is 6.46. The summed E-state index contributed by atoms with van der Waals surface area (Å²) in [6.45, 7) is 10.9. The molecule has 0 spiro atoms. The van der Waals surface area contributed by atoms with E-state index >= 15 is 0 Å². The maximum atomic E-state index is 13.4. The number of aliphatic hydroxyl groups is 1. The van der Waals surface area contributed by atoms with Crippen LogP contribution < -0.4 is 14.2 Å². The van der Waals surface area contributed by atoms with Crippen molar-refractivity contribution in [3.63, 3.8) is 0 Å². The van der Waals surface area contributed by atoms with Crippen molar-refractivity contribution in [1.82, 2.24) is 9.80 Å². The number of aliphatic hydroxyl groups excluding tert-OH is 1. The minimum absolute atomic E-state index is 0.0547. The lowest BCUT2D eigenvalue weighted by atomic mass is 9.93. The zero-order chi connectivity index (χ0) is 26.4. The Kier molecular flexibility index (Phi) is 8.98. The molecule has 1 atom stereocenters. The van der Waals surface area contributed by atoms with E-state index in [1.807, 2.05) is 19.9 Å². The summed E-state index contributed by atoms with van der Waals surface area (Å²) >= 11 is 0. The van der Waals surface area contributed by atoms with Gasteiger partial charge in [0.05, 0.1) is 32.4 Å². The molecule has 8 heteroatoms. The van der Waals surface area contributed by atoms with Gasteiger partial charge >= 0.3 is 0 Å². The van der Waals surface area contributed by atoms with Gasteiger partial charge in [0.1, 0.15) is 11.5 Å². The molecule has 0 aliphatic carbocycles. The molecule has 0 unspecified atom stereocenters. The third-order valence-electron chi connectivity index (χ3n) is 6.58. The van der Waals surface area contributed by atoms with Gasteiger partial charge in [0.25, 0.3) is 11.7 Å². The van der Waals surface area contributed by atoms with Crippen LogP contribution in [0.4, 0.5) is 0 Å². The Morgan fingerprint density at radius 2 is 1.72 bits per heavy atom. The number of hydrogen-bond acceptors (Lipinski definition) is 7. The number of hydrogen-bond donors (Lipinski definition) is 1. The minimum Gasteiger partial charge on any atom is -0.507 e.